The second kappa shape index (κ2) is 8.33. The van der Waals surface area contributed by atoms with E-state index in [9.17, 15) is 4.79 Å². The topological polar surface area (TPSA) is 64.2 Å². The van der Waals surface area contributed by atoms with Gasteiger partial charge in [-0.05, 0) is 6.42 Å². The minimum atomic E-state index is -0.397. The summed E-state index contributed by atoms with van der Waals surface area (Å²) in [5, 5.41) is 4.04. The van der Waals surface area contributed by atoms with Crippen molar-refractivity contribution < 1.29 is 4.79 Å². The van der Waals surface area contributed by atoms with Crippen LogP contribution in [-0.2, 0) is 18.4 Å². The quantitative estimate of drug-likeness (QED) is 0.895. The zero-order valence-corrected chi connectivity index (χ0v) is 11.9. The standard InChI is InChI=1S/C10H18N4O.2ClH/c1-4-9(11)10(15)13(2)6-8-5-12-14(3)7-8;;/h5,7,9H,4,6,11H2,1-3H3;2*1H/t9-;;/m0../s1. The van der Waals surface area contributed by atoms with Gasteiger partial charge in [0.2, 0.25) is 5.91 Å². The number of carbonyl (C=O) groups is 1. The Morgan fingerprint density at radius 1 is 1.59 bits per heavy atom. The molecular weight excluding hydrogens is 263 g/mol. The molecule has 0 aliphatic carbocycles. The fourth-order valence-electron chi connectivity index (χ4n) is 1.36. The van der Waals surface area contributed by atoms with Crippen LogP contribution < -0.4 is 5.73 Å². The Morgan fingerprint density at radius 2 is 2.18 bits per heavy atom. The number of nitrogens with zero attached hydrogens (tertiary/aromatic N) is 3. The summed E-state index contributed by atoms with van der Waals surface area (Å²) in [7, 11) is 3.61. The van der Waals surface area contributed by atoms with E-state index in [4.69, 9.17) is 5.73 Å². The largest absolute Gasteiger partial charge is 0.340 e. The molecule has 7 heteroatoms. The lowest BCUT2D eigenvalue weighted by molar-refractivity contribution is -0.131. The lowest BCUT2D eigenvalue weighted by atomic mass is 10.2. The number of amides is 1. The van der Waals surface area contributed by atoms with Crippen LogP contribution in [0, 0.1) is 0 Å². The van der Waals surface area contributed by atoms with Crippen LogP contribution in [0.4, 0.5) is 0 Å². The predicted molar refractivity (Wildman–Crippen MR) is 72.4 cm³/mol. The molecule has 1 heterocycles. The molecule has 1 atom stereocenters. The van der Waals surface area contributed by atoms with Crippen molar-refractivity contribution in [2.75, 3.05) is 7.05 Å². The molecule has 2 N–H and O–H groups in total. The summed E-state index contributed by atoms with van der Waals surface area (Å²) in [6, 6.07) is -0.397. The smallest absolute Gasteiger partial charge is 0.239 e. The molecule has 0 saturated heterocycles. The summed E-state index contributed by atoms with van der Waals surface area (Å²) in [5.74, 6) is -0.0265. The van der Waals surface area contributed by atoms with E-state index >= 15 is 0 Å². The van der Waals surface area contributed by atoms with Crippen LogP contribution >= 0.6 is 24.8 Å². The van der Waals surface area contributed by atoms with Gasteiger partial charge in [-0.25, -0.2) is 0 Å². The van der Waals surface area contributed by atoms with Crippen LogP contribution in [0.3, 0.4) is 0 Å². The van der Waals surface area contributed by atoms with Crippen molar-refractivity contribution in [1.82, 2.24) is 14.7 Å². The molecular formula is C10H20Cl2N4O. The Kier molecular flexibility index (Phi) is 9.11. The average molecular weight is 283 g/mol. The molecule has 1 rings (SSSR count). The number of aromatic nitrogens is 2. The summed E-state index contributed by atoms with van der Waals surface area (Å²) in [4.78, 5) is 13.3. The number of rotatable bonds is 4. The maximum absolute atomic E-state index is 11.7. The Morgan fingerprint density at radius 3 is 2.59 bits per heavy atom. The van der Waals surface area contributed by atoms with Crippen LogP contribution in [0.5, 0.6) is 0 Å². The van der Waals surface area contributed by atoms with E-state index in [0.717, 1.165) is 5.56 Å². The van der Waals surface area contributed by atoms with Crippen molar-refractivity contribution in [2.24, 2.45) is 12.8 Å². The van der Waals surface area contributed by atoms with Gasteiger partial charge >= 0.3 is 0 Å². The summed E-state index contributed by atoms with van der Waals surface area (Å²) in [6.07, 6.45) is 4.30. The van der Waals surface area contributed by atoms with Gasteiger partial charge in [0.05, 0.1) is 12.2 Å². The van der Waals surface area contributed by atoms with Crippen molar-refractivity contribution in [3.05, 3.63) is 18.0 Å². The normalized spacial score (nSPS) is 11.1. The van der Waals surface area contributed by atoms with Crippen LogP contribution in [0.15, 0.2) is 12.4 Å². The number of halogens is 2. The predicted octanol–water partition coefficient (Wildman–Crippen LogP) is 0.959. The average Bonchev–Trinajstić information content (AvgIpc) is 2.61. The van der Waals surface area contributed by atoms with Crippen LogP contribution in [0.25, 0.3) is 0 Å². The van der Waals surface area contributed by atoms with Gasteiger partial charge in [0, 0.05) is 32.4 Å². The second-order valence-electron chi connectivity index (χ2n) is 3.73. The molecule has 1 amide bonds. The Hall–Kier alpha value is -0.780. The molecule has 0 spiro atoms. The highest BCUT2D eigenvalue weighted by Crippen LogP contribution is 2.03. The molecule has 0 aliphatic heterocycles. The first kappa shape index (κ1) is 18.6. The van der Waals surface area contributed by atoms with E-state index < -0.39 is 6.04 Å². The Bertz CT molecular complexity index is 343. The van der Waals surface area contributed by atoms with Crippen molar-refractivity contribution in [3.8, 4) is 0 Å². The number of aryl methyl sites for hydroxylation is 1. The minimum Gasteiger partial charge on any atom is -0.340 e. The highest BCUT2D eigenvalue weighted by molar-refractivity contribution is 5.85. The summed E-state index contributed by atoms with van der Waals surface area (Å²) in [5.41, 5.74) is 6.68. The van der Waals surface area contributed by atoms with E-state index in [1.54, 1.807) is 22.8 Å². The monoisotopic (exact) mass is 282 g/mol. The summed E-state index contributed by atoms with van der Waals surface area (Å²) >= 11 is 0. The van der Waals surface area contributed by atoms with Crippen LogP contribution in [0.1, 0.15) is 18.9 Å². The second-order valence-corrected chi connectivity index (χ2v) is 3.73. The summed E-state index contributed by atoms with van der Waals surface area (Å²) in [6.45, 7) is 2.46. The molecule has 1 aromatic heterocycles. The third-order valence-corrected chi connectivity index (χ3v) is 2.31. The van der Waals surface area contributed by atoms with E-state index in [2.05, 4.69) is 5.10 Å². The van der Waals surface area contributed by atoms with Gasteiger partial charge in [0.1, 0.15) is 0 Å². The highest BCUT2D eigenvalue weighted by atomic mass is 35.5. The zero-order valence-electron chi connectivity index (χ0n) is 10.3. The fourth-order valence-corrected chi connectivity index (χ4v) is 1.36. The fraction of sp³-hybridized carbons (Fsp3) is 0.600. The lowest BCUT2D eigenvalue weighted by Gasteiger charge is -2.19. The highest BCUT2D eigenvalue weighted by Gasteiger charge is 2.16. The van der Waals surface area contributed by atoms with Gasteiger partial charge in [-0.1, -0.05) is 6.92 Å². The Balaban J connectivity index is 0. The maximum Gasteiger partial charge on any atom is 0.239 e. The van der Waals surface area contributed by atoms with E-state index in [-0.39, 0.29) is 30.7 Å². The minimum absolute atomic E-state index is 0. The SMILES string of the molecule is CC[C@H](N)C(=O)N(C)Cc1cnn(C)c1.Cl.Cl. The molecule has 100 valence electrons. The molecule has 1 aromatic rings. The van der Waals surface area contributed by atoms with Crippen molar-refractivity contribution in [1.29, 1.82) is 0 Å². The van der Waals surface area contributed by atoms with Gasteiger partial charge in [0.25, 0.3) is 0 Å². The van der Waals surface area contributed by atoms with Gasteiger partial charge in [-0.3, -0.25) is 9.48 Å². The van der Waals surface area contributed by atoms with Gasteiger partial charge in [0.15, 0.2) is 0 Å². The molecule has 0 fully saturated rings. The molecule has 0 radical (unpaired) electrons. The molecule has 0 aromatic carbocycles. The lowest BCUT2D eigenvalue weighted by Crippen LogP contribution is -2.40. The molecule has 5 nitrogen and oxygen atoms in total. The van der Waals surface area contributed by atoms with Crippen molar-refractivity contribution in [3.63, 3.8) is 0 Å². The Labute approximate surface area is 114 Å². The first-order valence-corrected chi connectivity index (χ1v) is 5.02. The third kappa shape index (κ3) is 5.39. The number of hydrogen-bond acceptors (Lipinski definition) is 3. The number of nitrogens with two attached hydrogens (primary N) is 1. The van der Waals surface area contributed by atoms with Crippen molar-refractivity contribution >= 4 is 30.7 Å². The van der Waals surface area contributed by atoms with Gasteiger partial charge in [-0.2, -0.15) is 5.10 Å². The van der Waals surface area contributed by atoms with E-state index in [1.165, 1.54) is 0 Å². The first-order chi connectivity index (χ1) is 7.04. The van der Waals surface area contributed by atoms with Gasteiger partial charge in [-0.15, -0.1) is 24.8 Å². The van der Waals surface area contributed by atoms with Crippen molar-refractivity contribution in [2.45, 2.75) is 25.9 Å². The van der Waals surface area contributed by atoms with Crippen LogP contribution in [-0.4, -0.2) is 33.7 Å². The molecule has 0 bridgehead atoms. The third-order valence-electron chi connectivity index (χ3n) is 2.31. The maximum atomic E-state index is 11.7. The molecule has 0 saturated carbocycles. The summed E-state index contributed by atoms with van der Waals surface area (Å²) < 4.78 is 1.72. The van der Waals surface area contributed by atoms with E-state index in [0.29, 0.717) is 13.0 Å². The van der Waals surface area contributed by atoms with Gasteiger partial charge < -0.3 is 10.6 Å². The van der Waals surface area contributed by atoms with Crippen LogP contribution in [0.2, 0.25) is 0 Å². The number of hydrogen-bond donors (Lipinski definition) is 1. The molecule has 0 unspecified atom stereocenters. The zero-order chi connectivity index (χ0) is 11.4. The molecule has 0 aliphatic rings. The number of carbonyl (C=O) groups excluding carboxylic acids is 1. The van der Waals surface area contributed by atoms with E-state index in [1.807, 2.05) is 20.2 Å². The first-order valence-electron chi connectivity index (χ1n) is 5.02. The molecule has 17 heavy (non-hydrogen) atoms. The number of likely N-dealkylation sites (N-methyl/N-ethyl adjacent to an activating group) is 1.